The summed E-state index contributed by atoms with van der Waals surface area (Å²) < 4.78 is 5.45. The van der Waals surface area contributed by atoms with E-state index >= 15 is 0 Å². The van der Waals surface area contributed by atoms with Crippen LogP contribution < -0.4 is 15.0 Å². The second kappa shape index (κ2) is 6.51. The molecule has 0 fully saturated rings. The van der Waals surface area contributed by atoms with Crippen LogP contribution in [0.15, 0.2) is 11.7 Å². The summed E-state index contributed by atoms with van der Waals surface area (Å²) in [6.45, 7) is 5.48. The van der Waals surface area contributed by atoms with Gasteiger partial charge in [0.05, 0.1) is 24.4 Å². The number of rotatable bonds is 6. The average molecular weight is 293 g/mol. The van der Waals surface area contributed by atoms with E-state index in [-0.39, 0.29) is 0 Å². The molecule has 0 saturated heterocycles. The van der Waals surface area contributed by atoms with E-state index in [0.717, 1.165) is 23.1 Å². The molecule has 0 aromatic carbocycles. The maximum Gasteiger partial charge on any atom is 0.204 e. The van der Waals surface area contributed by atoms with Crippen LogP contribution >= 0.6 is 11.3 Å². The summed E-state index contributed by atoms with van der Waals surface area (Å²) in [5.74, 6) is 2.12. The Labute approximate surface area is 122 Å². The number of hydrogen-bond donors (Lipinski definition) is 1. The first kappa shape index (κ1) is 14.5. The molecule has 0 aliphatic carbocycles. The first-order chi connectivity index (χ1) is 9.65. The van der Waals surface area contributed by atoms with Crippen LogP contribution in [0.4, 0.5) is 11.6 Å². The van der Waals surface area contributed by atoms with Gasteiger partial charge in [0.2, 0.25) is 5.75 Å². The van der Waals surface area contributed by atoms with Crippen LogP contribution in [0.3, 0.4) is 0 Å². The standard InChI is InChI=1S/C13H19N5OS/c1-5-14-12-11(19-4)13(16-8-15-12)18(3)6-10-7-20-9(2)17-10/h7-8H,5-6H2,1-4H3,(H,14,15,16). The van der Waals surface area contributed by atoms with E-state index in [2.05, 4.69) is 25.6 Å². The van der Waals surface area contributed by atoms with Crippen LogP contribution in [0, 0.1) is 6.92 Å². The third kappa shape index (κ3) is 3.16. The minimum Gasteiger partial charge on any atom is -0.490 e. The highest BCUT2D eigenvalue weighted by atomic mass is 32.1. The lowest BCUT2D eigenvalue weighted by atomic mass is 10.4. The Balaban J connectivity index is 2.24. The van der Waals surface area contributed by atoms with Crippen molar-refractivity contribution in [3.05, 3.63) is 22.4 Å². The number of aromatic nitrogens is 3. The van der Waals surface area contributed by atoms with E-state index in [4.69, 9.17) is 4.74 Å². The lowest BCUT2D eigenvalue weighted by Crippen LogP contribution is -2.19. The summed E-state index contributed by atoms with van der Waals surface area (Å²) in [5.41, 5.74) is 1.03. The molecule has 0 amide bonds. The summed E-state index contributed by atoms with van der Waals surface area (Å²) in [7, 11) is 3.60. The fourth-order valence-electron chi connectivity index (χ4n) is 1.92. The van der Waals surface area contributed by atoms with Gasteiger partial charge in [-0.2, -0.15) is 0 Å². The van der Waals surface area contributed by atoms with Crippen LogP contribution in [0.5, 0.6) is 5.75 Å². The quantitative estimate of drug-likeness (QED) is 0.882. The largest absolute Gasteiger partial charge is 0.490 e. The molecule has 108 valence electrons. The molecule has 0 radical (unpaired) electrons. The summed E-state index contributed by atoms with van der Waals surface area (Å²) in [4.78, 5) is 15.0. The summed E-state index contributed by atoms with van der Waals surface area (Å²) in [6.07, 6.45) is 1.54. The highest BCUT2D eigenvalue weighted by Gasteiger charge is 2.16. The Kier molecular flexibility index (Phi) is 4.73. The van der Waals surface area contributed by atoms with E-state index in [1.807, 2.05) is 25.8 Å². The molecule has 0 unspecified atom stereocenters. The molecule has 2 aromatic heterocycles. The zero-order valence-corrected chi connectivity index (χ0v) is 13.0. The van der Waals surface area contributed by atoms with Gasteiger partial charge in [-0.05, 0) is 13.8 Å². The van der Waals surface area contributed by atoms with Crippen molar-refractivity contribution >= 4 is 23.0 Å². The van der Waals surface area contributed by atoms with Gasteiger partial charge in [0.25, 0.3) is 0 Å². The number of nitrogens with one attached hydrogen (secondary N) is 1. The van der Waals surface area contributed by atoms with Crippen LogP contribution in [0.2, 0.25) is 0 Å². The van der Waals surface area contributed by atoms with Crippen molar-refractivity contribution in [2.45, 2.75) is 20.4 Å². The van der Waals surface area contributed by atoms with E-state index in [0.29, 0.717) is 18.1 Å². The zero-order chi connectivity index (χ0) is 14.5. The van der Waals surface area contributed by atoms with Gasteiger partial charge in [0.15, 0.2) is 11.6 Å². The number of hydrogen-bond acceptors (Lipinski definition) is 7. The number of nitrogens with zero attached hydrogens (tertiary/aromatic N) is 4. The van der Waals surface area contributed by atoms with Gasteiger partial charge in [-0.25, -0.2) is 15.0 Å². The Morgan fingerprint density at radius 2 is 2.20 bits per heavy atom. The average Bonchev–Trinajstić information content (AvgIpc) is 2.84. The molecule has 1 N–H and O–H groups in total. The highest BCUT2D eigenvalue weighted by Crippen LogP contribution is 2.31. The molecule has 2 aromatic rings. The monoisotopic (exact) mass is 293 g/mol. The van der Waals surface area contributed by atoms with Crippen LogP contribution in [0.1, 0.15) is 17.6 Å². The van der Waals surface area contributed by atoms with E-state index < -0.39 is 0 Å². The second-order valence-corrected chi connectivity index (χ2v) is 5.39. The number of methoxy groups -OCH3 is 1. The summed E-state index contributed by atoms with van der Waals surface area (Å²) in [6, 6.07) is 0. The topological polar surface area (TPSA) is 63.2 Å². The molecular formula is C13H19N5OS. The van der Waals surface area contributed by atoms with Crippen molar-refractivity contribution in [2.24, 2.45) is 0 Å². The van der Waals surface area contributed by atoms with Crippen LogP contribution in [0.25, 0.3) is 0 Å². The predicted octanol–water partition coefficient (Wildman–Crippen LogP) is 2.32. The number of anilines is 2. The minimum atomic E-state index is 0.656. The first-order valence-corrected chi connectivity index (χ1v) is 7.28. The number of aryl methyl sites for hydroxylation is 1. The van der Waals surface area contributed by atoms with Crippen molar-refractivity contribution in [3.8, 4) is 5.75 Å². The fourth-order valence-corrected chi connectivity index (χ4v) is 2.52. The van der Waals surface area contributed by atoms with Gasteiger partial charge in [-0.15, -0.1) is 11.3 Å². The first-order valence-electron chi connectivity index (χ1n) is 6.40. The summed E-state index contributed by atoms with van der Waals surface area (Å²) >= 11 is 1.65. The van der Waals surface area contributed by atoms with Crippen molar-refractivity contribution < 1.29 is 4.74 Å². The zero-order valence-electron chi connectivity index (χ0n) is 12.2. The molecule has 0 spiro atoms. The SMILES string of the molecule is CCNc1ncnc(N(C)Cc2csc(C)n2)c1OC. The van der Waals surface area contributed by atoms with E-state index in [9.17, 15) is 0 Å². The molecule has 7 heteroatoms. The molecule has 2 heterocycles. The number of ether oxygens (including phenoxy) is 1. The Bertz CT molecular complexity index is 572. The molecular weight excluding hydrogens is 274 g/mol. The third-order valence-electron chi connectivity index (χ3n) is 2.76. The molecule has 0 saturated carbocycles. The van der Waals surface area contributed by atoms with Crippen molar-refractivity contribution in [2.75, 3.05) is 30.9 Å². The molecule has 0 bridgehead atoms. The van der Waals surface area contributed by atoms with Crippen molar-refractivity contribution in [3.63, 3.8) is 0 Å². The maximum absolute atomic E-state index is 5.45. The molecule has 20 heavy (non-hydrogen) atoms. The van der Waals surface area contributed by atoms with Crippen LogP contribution in [-0.2, 0) is 6.54 Å². The van der Waals surface area contributed by atoms with E-state index in [1.54, 1.807) is 24.8 Å². The normalized spacial score (nSPS) is 10.4. The smallest absolute Gasteiger partial charge is 0.204 e. The Hall–Kier alpha value is -1.89. The Morgan fingerprint density at radius 1 is 1.40 bits per heavy atom. The van der Waals surface area contributed by atoms with Gasteiger partial charge in [-0.3, -0.25) is 0 Å². The predicted molar refractivity (Wildman–Crippen MR) is 81.7 cm³/mol. The lowest BCUT2D eigenvalue weighted by molar-refractivity contribution is 0.412. The second-order valence-electron chi connectivity index (χ2n) is 4.32. The van der Waals surface area contributed by atoms with Gasteiger partial charge >= 0.3 is 0 Å². The molecule has 0 atom stereocenters. The maximum atomic E-state index is 5.45. The molecule has 2 rings (SSSR count). The molecule has 6 nitrogen and oxygen atoms in total. The van der Waals surface area contributed by atoms with Gasteiger partial charge < -0.3 is 15.0 Å². The minimum absolute atomic E-state index is 0.656. The Morgan fingerprint density at radius 3 is 2.80 bits per heavy atom. The lowest BCUT2D eigenvalue weighted by Gasteiger charge is -2.20. The fraction of sp³-hybridized carbons (Fsp3) is 0.462. The summed E-state index contributed by atoms with van der Waals surface area (Å²) in [5, 5.41) is 6.30. The van der Waals surface area contributed by atoms with Gasteiger partial charge in [0.1, 0.15) is 6.33 Å². The van der Waals surface area contributed by atoms with Crippen LogP contribution in [-0.4, -0.2) is 35.7 Å². The number of thiazole rings is 1. The molecule has 0 aliphatic heterocycles. The van der Waals surface area contributed by atoms with Crippen molar-refractivity contribution in [1.29, 1.82) is 0 Å². The molecule has 0 aliphatic rings. The van der Waals surface area contributed by atoms with Gasteiger partial charge in [0, 0.05) is 19.0 Å². The third-order valence-corrected chi connectivity index (χ3v) is 3.58. The van der Waals surface area contributed by atoms with E-state index in [1.165, 1.54) is 0 Å². The van der Waals surface area contributed by atoms with Crippen molar-refractivity contribution in [1.82, 2.24) is 15.0 Å². The van der Waals surface area contributed by atoms with Gasteiger partial charge in [-0.1, -0.05) is 0 Å². The highest BCUT2D eigenvalue weighted by molar-refractivity contribution is 7.09.